The maximum atomic E-state index is 13.5. The highest BCUT2D eigenvalue weighted by molar-refractivity contribution is 9.10. The molecule has 1 saturated heterocycles. The van der Waals surface area contributed by atoms with Crippen LogP contribution < -0.4 is 14.4 Å². The Balaban J connectivity index is 1.59. The number of carbonyl (C=O) groups excluding carboxylic acids is 1. The molecule has 1 N–H and O–H groups in total. The molecule has 1 aliphatic rings. The Bertz CT molecular complexity index is 1150. The van der Waals surface area contributed by atoms with Gasteiger partial charge in [-0.2, -0.15) is 0 Å². The molecule has 1 heterocycles. The van der Waals surface area contributed by atoms with Crippen molar-refractivity contribution in [3.8, 4) is 11.5 Å². The molecule has 0 unspecified atom stereocenters. The van der Waals surface area contributed by atoms with E-state index in [2.05, 4.69) is 15.9 Å². The monoisotopic (exact) mass is 524 g/mol. The van der Waals surface area contributed by atoms with Crippen molar-refractivity contribution in [1.29, 1.82) is 0 Å². The van der Waals surface area contributed by atoms with Gasteiger partial charge in [0.1, 0.15) is 18.1 Å². The zero-order chi connectivity index (χ0) is 24.1. The first-order valence-corrected chi connectivity index (χ1v) is 11.6. The third-order valence-electron chi connectivity index (χ3n) is 5.72. The molecule has 7 nitrogen and oxygen atoms in total. The molecule has 3 aromatic carbocycles. The number of ether oxygens (including phenoxy) is 2. The molecular weight excluding hydrogens is 500 g/mol. The van der Waals surface area contributed by atoms with E-state index in [1.807, 2.05) is 72.8 Å². The van der Waals surface area contributed by atoms with Crippen molar-refractivity contribution in [3.63, 3.8) is 0 Å². The van der Waals surface area contributed by atoms with Crippen molar-refractivity contribution in [3.05, 3.63) is 88.4 Å². The van der Waals surface area contributed by atoms with Crippen LogP contribution in [0.2, 0.25) is 0 Å². The lowest BCUT2D eigenvalue weighted by atomic mass is 9.98. The van der Waals surface area contributed by atoms with Crippen molar-refractivity contribution in [2.45, 2.75) is 13.2 Å². The number of hydrogen-bond acceptors (Lipinski definition) is 4. The largest absolute Gasteiger partial charge is 0.497 e. The molecular formula is C26H25BrN2O5. The minimum Gasteiger partial charge on any atom is -0.497 e. The standard InChI is InChI=1S/C26H25BrN2O5/c1-33-21-9-7-18(8-10-21)14-29(25(30)20-15-28(16-20)26(31)32)24-13-22(11-12-23(24)27)34-17-19-5-3-2-4-6-19/h2-13,20H,14-17H2,1H3,(H,31,32). The Kier molecular flexibility index (Phi) is 7.37. The predicted octanol–water partition coefficient (Wildman–Crippen LogP) is 5.18. The lowest BCUT2D eigenvalue weighted by molar-refractivity contribution is -0.126. The van der Waals surface area contributed by atoms with E-state index in [4.69, 9.17) is 9.47 Å². The van der Waals surface area contributed by atoms with Gasteiger partial charge in [0.05, 0.1) is 25.3 Å². The van der Waals surface area contributed by atoms with Crippen molar-refractivity contribution < 1.29 is 24.2 Å². The summed E-state index contributed by atoms with van der Waals surface area (Å²) in [4.78, 5) is 27.6. The van der Waals surface area contributed by atoms with Gasteiger partial charge >= 0.3 is 6.09 Å². The number of carboxylic acid groups (broad SMARTS) is 1. The van der Waals surface area contributed by atoms with E-state index in [1.54, 1.807) is 12.0 Å². The summed E-state index contributed by atoms with van der Waals surface area (Å²) >= 11 is 3.58. The number of benzene rings is 3. The second-order valence-corrected chi connectivity index (χ2v) is 8.90. The van der Waals surface area contributed by atoms with E-state index in [0.717, 1.165) is 21.3 Å². The Labute approximate surface area is 206 Å². The maximum Gasteiger partial charge on any atom is 0.407 e. The van der Waals surface area contributed by atoms with Crippen LogP contribution in [0.3, 0.4) is 0 Å². The van der Waals surface area contributed by atoms with E-state index in [9.17, 15) is 14.7 Å². The van der Waals surface area contributed by atoms with Gasteiger partial charge in [-0.25, -0.2) is 4.79 Å². The van der Waals surface area contributed by atoms with Crippen LogP contribution in [-0.2, 0) is 17.9 Å². The summed E-state index contributed by atoms with van der Waals surface area (Å²) < 4.78 is 12.0. The fourth-order valence-corrected chi connectivity index (χ4v) is 4.20. The lowest BCUT2D eigenvalue weighted by Gasteiger charge is -2.39. The Morgan fingerprint density at radius 3 is 2.32 bits per heavy atom. The maximum absolute atomic E-state index is 13.5. The fourth-order valence-electron chi connectivity index (χ4n) is 3.74. The van der Waals surface area contributed by atoms with Gasteiger partial charge in [0, 0.05) is 23.6 Å². The molecule has 34 heavy (non-hydrogen) atoms. The van der Waals surface area contributed by atoms with E-state index in [0.29, 0.717) is 24.6 Å². The van der Waals surface area contributed by atoms with E-state index in [-0.39, 0.29) is 19.0 Å². The molecule has 1 aliphatic heterocycles. The average Bonchev–Trinajstić information content (AvgIpc) is 2.82. The Morgan fingerprint density at radius 2 is 1.68 bits per heavy atom. The first-order chi connectivity index (χ1) is 16.4. The second kappa shape index (κ2) is 10.6. The van der Waals surface area contributed by atoms with Crippen LogP contribution in [0.25, 0.3) is 0 Å². The Morgan fingerprint density at radius 1 is 1.00 bits per heavy atom. The number of amides is 2. The molecule has 8 heteroatoms. The third kappa shape index (κ3) is 5.51. The number of anilines is 1. The van der Waals surface area contributed by atoms with Crippen LogP contribution >= 0.6 is 15.9 Å². The Hall–Kier alpha value is -3.52. The molecule has 0 bridgehead atoms. The first kappa shape index (κ1) is 23.6. The third-order valence-corrected chi connectivity index (χ3v) is 6.39. The zero-order valence-electron chi connectivity index (χ0n) is 18.7. The van der Waals surface area contributed by atoms with Gasteiger partial charge in [0.15, 0.2) is 0 Å². The number of halogens is 1. The van der Waals surface area contributed by atoms with Crippen LogP contribution in [0.15, 0.2) is 77.3 Å². The molecule has 0 spiro atoms. The van der Waals surface area contributed by atoms with Gasteiger partial charge in [0.2, 0.25) is 5.91 Å². The predicted molar refractivity (Wildman–Crippen MR) is 132 cm³/mol. The van der Waals surface area contributed by atoms with Crippen LogP contribution in [0.1, 0.15) is 11.1 Å². The van der Waals surface area contributed by atoms with Gasteiger partial charge in [-0.1, -0.05) is 42.5 Å². The second-order valence-electron chi connectivity index (χ2n) is 8.04. The van der Waals surface area contributed by atoms with Crippen molar-refractivity contribution in [1.82, 2.24) is 4.90 Å². The SMILES string of the molecule is COc1ccc(CN(C(=O)C2CN(C(=O)O)C2)c2cc(OCc3ccccc3)ccc2Br)cc1. The molecule has 0 aliphatic carbocycles. The number of carbonyl (C=O) groups is 2. The highest BCUT2D eigenvalue weighted by Crippen LogP contribution is 2.34. The molecule has 176 valence electrons. The van der Waals surface area contributed by atoms with Crippen LogP contribution in [-0.4, -0.2) is 42.2 Å². The minimum atomic E-state index is -1.01. The molecule has 0 aromatic heterocycles. The molecule has 4 rings (SSSR count). The molecule has 0 radical (unpaired) electrons. The summed E-state index contributed by atoms with van der Waals surface area (Å²) in [6.07, 6.45) is -1.01. The highest BCUT2D eigenvalue weighted by atomic mass is 79.9. The van der Waals surface area contributed by atoms with Gasteiger partial charge < -0.3 is 24.4 Å². The zero-order valence-corrected chi connectivity index (χ0v) is 20.3. The number of likely N-dealkylation sites (tertiary alicyclic amines) is 1. The van der Waals surface area contributed by atoms with Gasteiger partial charge in [0.25, 0.3) is 0 Å². The summed E-state index contributed by atoms with van der Waals surface area (Å²) in [7, 11) is 1.60. The average molecular weight is 525 g/mol. The normalized spacial score (nSPS) is 13.2. The molecule has 0 atom stereocenters. The van der Waals surface area contributed by atoms with Gasteiger partial charge in [-0.3, -0.25) is 4.79 Å². The summed E-state index contributed by atoms with van der Waals surface area (Å²) in [5.41, 5.74) is 2.63. The minimum absolute atomic E-state index is 0.130. The van der Waals surface area contributed by atoms with E-state index in [1.165, 1.54) is 4.90 Å². The van der Waals surface area contributed by atoms with Crippen molar-refractivity contribution >= 4 is 33.6 Å². The number of hydrogen-bond donors (Lipinski definition) is 1. The van der Waals surface area contributed by atoms with Crippen molar-refractivity contribution in [2.24, 2.45) is 5.92 Å². The molecule has 1 fully saturated rings. The van der Waals surface area contributed by atoms with Crippen LogP contribution in [0, 0.1) is 5.92 Å². The van der Waals surface area contributed by atoms with Crippen LogP contribution in [0.4, 0.5) is 10.5 Å². The first-order valence-electron chi connectivity index (χ1n) is 10.8. The molecule has 3 aromatic rings. The topological polar surface area (TPSA) is 79.3 Å². The summed E-state index contributed by atoms with van der Waals surface area (Å²) in [6, 6.07) is 22.9. The molecule has 2 amide bonds. The number of nitrogens with zero attached hydrogens (tertiary/aromatic N) is 2. The number of rotatable bonds is 8. The van der Waals surface area contributed by atoms with Crippen LogP contribution in [0.5, 0.6) is 11.5 Å². The van der Waals surface area contributed by atoms with E-state index >= 15 is 0 Å². The lowest BCUT2D eigenvalue weighted by Crippen LogP contribution is -2.56. The highest BCUT2D eigenvalue weighted by Gasteiger charge is 2.38. The summed E-state index contributed by atoms with van der Waals surface area (Å²) in [5.74, 6) is 0.843. The van der Waals surface area contributed by atoms with Gasteiger partial charge in [-0.15, -0.1) is 0 Å². The van der Waals surface area contributed by atoms with Gasteiger partial charge in [-0.05, 0) is 51.3 Å². The van der Waals surface area contributed by atoms with Crippen molar-refractivity contribution in [2.75, 3.05) is 25.1 Å². The summed E-state index contributed by atoms with van der Waals surface area (Å²) in [6.45, 7) is 1.11. The molecule has 0 saturated carbocycles. The smallest absolute Gasteiger partial charge is 0.407 e. The van der Waals surface area contributed by atoms with E-state index < -0.39 is 12.0 Å². The fraction of sp³-hybridized carbons (Fsp3) is 0.231. The number of methoxy groups -OCH3 is 1. The summed E-state index contributed by atoms with van der Waals surface area (Å²) in [5, 5.41) is 9.17. The quantitative estimate of drug-likeness (QED) is 0.439.